The van der Waals surface area contributed by atoms with E-state index in [1.165, 1.54) is 24.3 Å². The van der Waals surface area contributed by atoms with Crippen LogP contribution in [0.15, 0.2) is 24.3 Å². The Balaban J connectivity index is 2.81. The number of anilines is 1. The van der Waals surface area contributed by atoms with Gasteiger partial charge in [0.05, 0.1) is 0 Å². The Labute approximate surface area is 110 Å². The van der Waals surface area contributed by atoms with E-state index in [1.807, 2.05) is 0 Å². The first-order valence-electron chi connectivity index (χ1n) is 5.57. The number of Topliss-reactive ketones (excluding diaryl/α,β-unsaturated/α-hetero) is 1. The summed E-state index contributed by atoms with van der Waals surface area (Å²) >= 11 is 0. The number of aliphatic carboxylic acids is 1. The number of ether oxygens (including phenoxy) is 1. The van der Waals surface area contributed by atoms with Crippen LogP contribution in [0.5, 0.6) is 0 Å². The van der Waals surface area contributed by atoms with Crippen LogP contribution in [0.4, 0.5) is 10.5 Å². The van der Waals surface area contributed by atoms with Crippen molar-refractivity contribution in [1.29, 1.82) is 0 Å². The monoisotopic (exact) mass is 265 g/mol. The molecule has 0 aliphatic heterocycles. The van der Waals surface area contributed by atoms with Crippen LogP contribution in [-0.2, 0) is 9.53 Å². The molecule has 102 valence electrons. The number of carboxylic acids is 1. The second-order valence-corrected chi connectivity index (χ2v) is 4.84. The molecule has 6 nitrogen and oxygen atoms in total. The largest absolute Gasteiger partial charge is 0.475 e. The first-order valence-corrected chi connectivity index (χ1v) is 5.57. The SMILES string of the molecule is CC(C)(C)OC(=O)Nc1cccc(C(=O)C(=O)O)c1. The summed E-state index contributed by atoms with van der Waals surface area (Å²) in [5, 5.41) is 11.0. The minimum absolute atomic E-state index is 0.0129. The summed E-state index contributed by atoms with van der Waals surface area (Å²) in [7, 11) is 0. The molecule has 0 aromatic heterocycles. The van der Waals surface area contributed by atoms with Gasteiger partial charge in [-0.3, -0.25) is 10.1 Å². The van der Waals surface area contributed by atoms with Crippen LogP contribution < -0.4 is 5.32 Å². The van der Waals surface area contributed by atoms with Crippen molar-refractivity contribution in [1.82, 2.24) is 0 Å². The van der Waals surface area contributed by atoms with Gasteiger partial charge in [0.25, 0.3) is 5.78 Å². The van der Waals surface area contributed by atoms with Crippen molar-refractivity contribution < 1.29 is 24.2 Å². The van der Waals surface area contributed by atoms with Gasteiger partial charge in [-0.15, -0.1) is 0 Å². The first-order chi connectivity index (χ1) is 8.69. The summed E-state index contributed by atoms with van der Waals surface area (Å²) in [6.07, 6.45) is -0.674. The molecule has 0 aliphatic rings. The van der Waals surface area contributed by atoms with Crippen LogP contribution in [0, 0.1) is 0 Å². The molecular weight excluding hydrogens is 250 g/mol. The molecule has 1 amide bonds. The van der Waals surface area contributed by atoms with E-state index >= 15 is 0 Å². The summed E-state index contributed by atoms with van der Waals surface area (Å²) < 4.78 is 5.04. The summed E-state index contributed by atoms with van der Waals surface area (Å²) in [5.41, 5.74) is -0.360. The van der Waals surface area contributed by atoms with E-state index in [2.05, 4.69) is 5.32 Å². The highest BCUT2D eigenvalue weighted by Gasteiger charge is 2.18. The number of carbonyl (C=O) groups excluding carboxylic acids is 2. The Morgan fingerprint density at radius 2 is 1.84 bits per heavy atom. The van der Waals surface area contributed by atoms with Crippen molar-refractivity contribution in [3.8, 4) is 0 Å². The van der Waals surface area contributed by atoms with Crippen LogP contribution in [0.1, 0.15) is 31.1 Å². The van der Waals surface area contributed by atoms with E-state index in [0.717, 1.165) is 0 Å². The standard InChI is InChI=1S/C13H15NO5/c1-13(2,3)19-12(18)14-9-6-4-5-8(7-9)10(15)11(16)17/h4-7H,1-3H3,(H,14,18)(H,16,17). The van der Waals surface area contributed by atoms with Crippen LogP contribution >= 0.6 is 0 Å². The summed E-state index contributed by atoms with van der Waals surface area (Å²) in [4.78, 5) is 33.3. The molecule has 0 saturated carbocycles. The molecule has 0 aliphatic carbocycles. The van der Waals surface area contributed by atoms with Gasteiger partial charge in [0.2, 0.25) is 0 Å². The molecule has 0 heterocycles. The molecule has 2 N–H and O–H groups in total. The minimum atomic E-state index is -1.55. The molecule has 0 saturated heterocycles. The zero-order valence-corrected chi connectivity index (χ0v) is 10.9. The molecule has 0 spiro atoms. The van der Waals surface area contributed by atoms with E-state index < -0.39 is 23.4 Å². The fourth-order valence-corrected chi connectivity index (χ4v) is 1.28. The van der Waals surface area contributed by atoms with E-state index in [1.54, 1.807) is 20.8 Å². The van der Waals surface area contributed by atoms with E-state index in [9.17, 15) is 14.4 Å². The highest BCUT2D eigenvalue weighted by molar-refractivity contribution is 6.40. The van der Waals surface area contributed by atoms with Gasteiger partial charge in [0, 0.05) is 11.3 Å². The summed E-state index contributed by atoms with van der Waals surface area (Å²) in [6, 6.07) is 5.64. The average Bonchev–Trinajstić information content (AvgIpc) is 2.25. The molecule has 0 radical (unpaired) electrons. The number of carboxylic acid groups (broad SMARTS) is 1. The van der Waals surface area contributed by atoms with Gasteiger partial charge in [-0.25, -0.2) is 9.59 Å². The number of hydrogen-bond acceptors (Lipinski definition) is 4. The number of nitrogens with one attached hydrogen (secondary N) is 1. The van der Waals surface area contributed by atoms with Gasteiger partial charge < -0.3 is 9.84 Å². The summed E-state index contributed by atoms with van der Waals surface area (Å²) in [5.74, 6) is -2.58. The number of hydrogen-bond donors (Lipinski definition) is 2. The number of amides is 1. The Morgan fingerprint density at radius 3 is 2.37 bits per heavy atom. The lowest BCUT2D eigenvalue weighted by atomic mass is 10.1. The predicted octanol–water partition coefficient (Wildman–Crippen LogP) is 2.30. The molecule has 1 aromatic carbocycles. The zero-order valence-electron chi connectivity index (χ0n) is 10.9. The molecular formula is C13H15NO5. The smallest absolute Gasteiger partial charge is 0.412 e. The van der Waals surface area contributed by atoms with Gasteiger partial charge in [-0.2, -0.15) is 0 Å². The van der Waals surface area contributed by atoms with Crippen LogP contribution in [0.2, 0.25) is 0 Å². The third-order valence-electron chi connectivity index (χ3n) is 1.96. The second-order valence-electron chi connectivity index (χ2n) is 4.84. The maximum Gasteiger partial charge on any atom is 0.412 e. The van der Waals surface area contributed by atoms with Crippen LogP contribution in [-0.4, -0.2) is 28.6 Å². The quantitative estimate of drug-likeness (QED) is 0.646. The third kappa shape index (κ3) is 4.79. The van der Waals surface area contributed by atoms with Crippen molar-refractivity contribution >= 4 is 23.5 Å². The Kier molecular flexibility index (Phi) is 4.26. The molecule has 0 atom stereocenters. The number of ketones is 1. The molecule has 1 rings (SSSR count). The first kappa shape index (κ1) is 14.7. The van der Waals surface area contributed by atoms with Gasteiger partial charge in [0.15, 0.2) is 0 Å². The lowest BCUT2D eigenvalue weighted by Gasteiger charge is -2.19. The van der Waals surface area contributed by atoms with Crippen molar-refractivity contribution in [2.45, 2.75) is 26.4 Å². The number of benzene rings is 1. The topological polar surface area (TPSA) is 92.7 Å². The lowest BCUT2D eigenvalue weighted by Crippen LogP contribution is -2.27. The zero-order chi connectivity index (χ0) is 14.6. The van der Waals surface area contributed by atoms with Crippen molar-refractivity contribution in [3.05, 3.63) is 29.8 Å². The maximum absolute atomic E-state index is 11.5. The Bertz CT molecular complexity index is 516. The average molecular weight is 265 g/mol. The highest BCUT2D eigenvalue weighted by Crippen LogP contribution is 2.14. The molecule has 0 fully saturated rings. The molecule has 19 heavy (non-hydrogen) atoms. The molecule has 0 unspecified atom stereocenters. The molecule has 1 aromatic rings. The van der Waals surface area contributed by atoms with E-state index in [0.29, 0.717) is 5.69 Å². The Morgan fingerprint density at radius 1 is 1.21 bits per heavy atom. The summed E-state index contributed by atoms with van der Waals surface area (Å²) in [6.45, 7) is 5.16. The van der Waals surface area contributed by atoms with Crippen LogP contribution in [0.3, 0.4) is 0 Å². The second kappa shape index (κ2) is 5.51. The third-order valence-corrected chi connectivity index (χ3v) is 1.96. The minimum Gasteiger partial charge on any atom is -0.475 e. The Hall–Kier alpha value is -2.37. The van der Waals surface area contributed by atoms with E-state index in [-0.39, 0.29) is 5.56 Å². The molecule has 0 bridgehead atoms. The van der Waals surface area contributed by atoms with Gasteiger partial charge in [-0.05, 0) is 32.9 Å². The van der Waals surface area contributed by atoms with Crippen molar-refractivity contribution in [3.63, 3.8) is 0 Å². The molecule has 6 heteroatoms. The highest BCUT2D eigenvalue weighted by atomic mass is 16.6. The number of rotatable bonds is 3. The van der Waals surface area contributed by atoms with E-state index in [4.69, 9.17) is 9.84 Å². The fourth-order valence-electron chi connectivity index (χ4n) is 1.28. The van der Waals surface area contributed by atoms with Crippen molar-refractivity contribution in [2.24, 2.45) is 0 Å². The van der Waals surface area contributed by atoms with Gasteiger partial charge >= 0.3 is 12.1 Å². The van der Waals surface area contributed by atoms with Crippen molar-refractivity contribution in [2.75, 3.05) is 5.32 Å². The maximum atomic E-state index is 11.5. The predicted molar refractivity (Wildman–Crippen MR) is 68.3 cm³/mol. The lowest BCUT2D eigenvalue weighted by molar-refractivity contribution is -0.131. The van der Waals surface area contributed by atoms with Gasteiger partial charge in [-0.1, -0.05) is 12.1 Å². The number of carbonyl (C=O) groups is 3. The van der Waals surface area contributed by atoms with Gasteiger partial charge in [0.1, 0.15) is 5.60 Å². The normalized spacial score (nSPS) is 10.7. The van der Waals surface area contributed by atoms with Crippen LogP contribution in [0.25, 0.3) is 0 Å². The fraction of sp³-hybridized carbons (Fsp3) is 0.308.